The zero-order valence-corrected chi connectivity index (χ0v) is 14.7. The lowest BCUT2D eigenvalue weighted by atomic mass is 10.1. The maximum Gasteiger partial charge on any atom is 0.251 e. The van der Waals surface area contributed by atoms with Crippen LogP contribution in [0.5, 0.6) is 0 Å². The number of thiocarbonyl (C=S) groups is 1. The number of aryl methyl sites for hydroxylation is 1. The van der Waals surface area contributed by atoms with Crippen LogP contribution < -0.4 is 16.2 Å². The Morgan fingerprint density at radius 2 is 1.96 bits per heavy atom. The number of hydrogen-bond donors (Lipinski definition) is 3. The maximum absolute atomic E-state index is 12.1. The second-order valence-electron chi connectivity index (χ2n) is 5.95. The summed E-state index contributed by atoms with van der Waals surface area (Å²) in [6.45, 7) is 4.37. The number of pyridine rings is 1. The molecule has 0 aliphatic rings. The summed E-state index contributed by atoms with van der Waals surface area (Å²) in [6.07, 6.45) is 0.634. The van der Waals surface area contributed by atoms with E-state index in [0.717, 1.165) is 35.1 Å². The van der Waals surface area contributed by atoms with Gasteiger partial charge >= 0.3 is 0 Å². The van der Waals surface area contributed by atoms with E-state index in [0.29, 0.717) is 18.1 Å². The van der Waals surface area contributed by atoms with E-state index in [9.17, 15) is 4.79 Å². The smallest absolute Gasteiger partial charge is 0.251 e. The molecular weight excluding hydrogens is 308 g/mol. The van der Waals surface area contributed by atoms with Crippen LogP contribution in [0.15, 0.2) is 29.1 Å². The molecule has 2 rings (SSSR count). The highest BCUT2D eigenvalue weighted by molar-refractivity contribution is 7.80. The fraction of sp³-hybridized carbons (Fsp3) is 0.412. The van der Waals surface area contributed by atoms with Gasteiger partial charge in [-0.1, -0.05) is 12.1 Å². The molecule has 1 aromatic carbocycles. The summed E-state index contributed by atoms with van der Waals surface area (Å²) in [5.41, 5.74) is 2.76. The van der Waals surface area contributed by atoms with Crippen molar-refractivity contribution < 1.29 is 0 Å². The summed E-state index contributed by atoms with van der Waals surface area (Å²) in [7, 11) is 4.04. The van der Waals surface area contributed by atoms with Crippen LogP contribution in [-0.2, 0) is 6.42 Å². The van der Waals surface area contributed by atoms with Crippen LogP contribution in [0.2, 0.25) is 0 Å². The van der Waals surface area contributed by atoms with Gasteiger partial charge in [0, 0.05) is 30.7 Å². The number of fused-ring (bicyclic) bond motifs is 1. The minimum absolute atomic E-state index is 0.0311. The van der Waals surface area contributed by atoms with Crippen LogP contribution >= 0.6 is 12.2 Å². The molecule has 0 spiro atoms. The number of nitrogens with zero attached hydrogens (tertiary/aromatic N) is 1. The van der Waals surface area contributed by atoms with E-state index in [1.807, 2.05) is 45.3 Å². The molecule has 124 valence electrons. The third kappa shape index (κ3) is 5.33. The number of nitrogens with one attached hydrogen (secondary N) is 3. The number of hydrogen-bond acceptors (Lipinski definition) is 3. The van der Waals surface area contributed by atoms with Crippen LogP contribution in [0.1, 0.15) is 11.1 Å². The zero-order chi connectivity index (χ0) is 16.8. The monoisotopic (exact) mass is 332 g/mol. The van der Waals surface area contributed by atoms with E-state index >= 15 is 0 Å². The summed E-state index contributed by atoms with van der Waals surface area (Å²) < 4.78 is 0. The lowest BCUT2D eigenvalue weighted by Crippen LogP contribution is -2.39. The van der Waals surface area contributed by atoms with Gasteiger partial charge in [0.2, 0.25) is 0 Å². The third-order valence-corrected chi connectivity index (χ3v) is 3.89. The molecule has 0 unspecified atom stereocenters. The van der Waals surface area contributed by atoms with Gasteiger partial charge in [-0.25, -0.2) is 0 Å². The molecule has 23 heavy (non-hydrogen) atoms. The van der Waals surface area contributed by atoms with Crippen LogP contribution in [0.25, 0.3) is 10.9 Å². The number of H-pyrrole nitrogens is 1. The third-order valence-electron chi connectivity index (χ3n) is 3.60. The Morgan fingerprint density at radius 1 is 1.22 bits per heavy atom. The van der Waals surface area contributed by atoms with Crippen molar-refractivity contribution in [1.29, 1.82) is 0 Å². The Balaban J connectivity index is 1.89. The number of aromatic amines is 1. The van der Waals surface area contributed by atoms with Crippen LogP contribution in [0.3, 0.4) is 0 Å². The summed E-state index contributed by atoms with van der Waals surface area (Å²) in [4.78, 5) is 17.2. The Hall–Kier alpha value is -1.92. The summed E-state index contributed by atoms with van der Waals surface area (Å²) in [6, 6.07) is 8.03. The first kappa shape index (κ1) is 17.4. The zero-order valence-electron chi connectivity index (χ0n) is 13.9. The lowest BCUT2D eigenvalue weighted by molar-refractivity contribution is 0.412. The topological polar surface area (TPSA) is 60.2 Å². The van der Waals surface area contributed by atoms with Crippen molar-refractivity contribution in [3.8, 4) is 0 Å². The van der Waals surface area contributed by atoms with Gasteiger partial charge in [0.25, 0.3) is 5.56 Å². The van der Waals surface area contributed by atoms with E-state index in [2.05, 4.69) is 20.5 Å². The number of likely N-dealkylation sites (N-methyl/N-ethyl adjacent to an activating group) is 1. The van der Waals surface area contributed by atoms with Gasteiger partial charge in [0.05, 0.1) is 0 Å². The first-order chi connectivity index (χ1) is 11.0. The highest BCUT2D eigenvalue weighted by atomic mass is 32.1. The number of rotatable bonds is 6. The van der Waals surface area contributed by atoms with Gasteiger partial charge in [0.1, 0.15) is 0 Å². The van der Waals surface area contributed by atoms with Crippen molar-refractivity contribution in [2.45, 2.75) is 13.3 Å². The van der Waals surface area contributed by atoms with Gasteiger partial charge in [-0.2, -0.15) is 0 Å². The molecule has 6 heteroatoms. The van der Waals surface area contributed by atoms with E-state index in [1.54, 1.807) is 0 Å². The maximum atomic E-state index is 12.1. The fourth-order valence-corrected chi connectivity index (χ4v) is 2.52. The molecule has 0 aliphatic carbocycles. The highest BCUT2D eigenvalue weighted by Crippen LogP contribution is 2.13. The van der Waals surface area contributed by atoms with Gasteiger partial charge in [-0.3, -0.25) is 4.79 Å². The minimum atomic E-state index is -0.0311. The van der Waals surface area contributed by atoms with Crippen LogP contribution in [-0.4, -0.2) is 48.7 Å². The summed E-state index contributed by atoms with van der Waals surface area (Å²) >= 11 is 5.22. The molecule has 3 N–H and O–H groups in total. The Morgan fingerprint density at radius 3 is 2.70 bits per heavy atom. The van der Waals surface area contributed by atoms with Crippen molar-refractivity contribution in [2.75, 3.05) is 33.7 Å². The van der Waals surface area contributed by atoms with Gasteiger partial charge in [0.15, 0.2) is 5.11 Å². The largest absolute Gasteiger partial charge is 0.362 e. The molecule has 0 saturated carbocycles. The van der Waals surface area contributed by atoms with Gasteiger partial charge < -0.3 is 20.5 Å². The normalized spacial score (nSPS) is 11.0. The van der Waals surface area contributed by atoms with Crippen molar-refractivity contribution in [1.82, 2.24) is 20.5 Å². The average Bonchev–Trinajstić information content (AvgIpc) is 2.47. The molecule has 1 heterocycles. The predicted molar refractivity (Wildman–Crippen MR) is 100 cm³/mol. The Kier molecular flexibility index (Phi) is 6.12. The SMILES string of the molecule is Cc1ccc2cc(CCNC(=S)NCCN(C)C)c(=O)[nH]c2c1. The molecule has 0 radical (unpaired) electrons. The standard InChI is InChI=1S/C17H24N4OS/c1-12-4-5-13-11-14(16(22)20-15(13)10-12)6-7-18-17(23)19-8-9-21(2)3/h4-5,10-11H,6-9H2,1-3H3,(H,20,22)(H2,18,19,23). The first-order valence-electron chi connectivity index (χ1n) is 7.74. The lowest BCUT2D eigenvalue weighted by Gasteiger charge is -2.13. The van der Waals surface area contributed by atoms with E-state index in [-0.39, 0.29) is 5.56 Å². The molecule has 2 aromatic rings. The summed E-state index contributed by atoms with van der Waals surface area (Å²) in [5.74, 6) is 0. The Labute approximate surface area is 142 Å². The molecule has 0 fully saturated rings. The van der Waals surface area contributed by atoms with Gasteiger partial charge in [-0.05, 0) is 62.7 Å². The second-order valence-corrected chi connectivity index (χ2v) is 6.36. The quantitative estimate of drug-likeness (QED) is 0.698. The molecular formula is C17H24N4OS. The van der Waals surface area contributed by atoms with Crippen LogP contribution in [0, 0.1) is 6.92 Å². The average molecular weight is 332 g/mol. The number of aromatic nitrogens is 1. The molecule has 0 aliphatic heterocycles. The Bertz CT molecular complexity index is 739. The predicted octanol–water partition coefficient (Wildman–Crippen LogP) is 1.40. The fourth-order valence-electron chi connectivity index (χ4n) is 2.31. The highest BCUT2D eigenvalue weighted by Gasteiger charge is 2.04. The second kappa shape index (κ2) is 8.08. The van der Waals surface area contributed by atoms with E-state index < -0.39 is 0 Å². The molecule has 0 amide bonds. The van der Waals surface area contributed by atoms with E-state index in [4.69, 9.17) is 12.2 Å². The summed E-state index contributed by atoms with van der Waals surface area (Å²) in [5, 5.41) is 7.96. The van der Waals surface area contributed by atoms with Crippen molar-refractivity contribution in [3.05, 3.63) is 45.7 Å². The first-order valence-corrected chi connectivity index (χ1v) is 8.15. The molecule has 5 nitrogen and oxygen atoms in total. The minimum Gasteiger partial charge on any atom is -0.362 e. The van der Waals surface area contributed by atoms with Crippen molar-refractivity contribution in [2.24, 2.45) is 0 Å². The molecule has 0 atom stereocenters. The molecule has 0 bridgehead atoms. The van der Waals surface area contributed by atoms with Crippen molar-refractivity contribution in [3.63, 3.8) is 0 Å². The van der Waals surface area contributed by atoms with Crippen LogP contribution in [0.4, 0.5) is 0 Å². The van der Waals surface area contributed by atoms with Gasteiger partial charge in [-0.15, -0.1) is 0 Å². The number of benzene rings is 1. The van der Waals surface area contributed by atoms with E-state index in [1.165, 1.54) is 0 Å². The molecule has 1 aromatic heterocycles. The van der Waals surface area contributed by atoms with Crippen molar-refractivity contribution >= 4 is 28.2 Å². The molecule has 0 saturated heterocycles.